The fourth-order valence-corrected chi connectivity index (χ4v) is 4.59. The van der Waals surface area contributed by atoms with Gasteiger partial charge in [-0.25, -0.2) is 13.2 Å². The van der Waals surface area contributed by atoms with Crippen molar-refractivity contribution in [1.82, 2.24) is 4.31 Å². The molecule has 0 spiro atoms. The van der Waals surface area contributed by atoms with Crippen LogP contribution in [0, 0.1) is 0 Å². The number of sulfonamides is 1. The number of esters is 1. The summed E-state index contributed by atoms with van der Waals surface area (Å²) >= 11 is 0. The minimum absolute atomic E-state index is 0.0619. The molecule has 0 atom stereocenters. The van der Waals surface area contributed by atoms with Gasteiger partial charge in [-0.2, -0.15) is 4.31 Å². The molecule has 34 heavy (non-hydrogen) atoms. The number of amides is 1. The largest absolute Gasteiger partial charge is 0.486 e. The molecule has 1 amide bonds. The number of nitrogens with zero attached hydrogens (tertiary/aromatic N) is 1. The third-order valence-corrected chi connectivity index (χ3v) is 6.83. The molecule has 0 radical (unpaired) electrons. The lowest BCUT2D eigenvalue weighted by Gasteiger charge is -2.18. The van der Waals surface area contributed by atoms with Crippen molar-refractivity contribution in [2.24, 2.45) is 0 Å². The molecule has 0 bridgehead atoms. The van der Waals surface area contributed by atoms with Crippen LogP contribution < -0.4 is 10.1 Å². The van der Waals surface area contributed by atoms with Crippen molar-refractivity contribution < 1.29 is 31.9 Å². The molecule has 0 aliphatic heterocycles. The second-order valence-electron chi connectivity index (χ2n) is 7.11. The van der Waals surface area contributed by atoms with Crippen LogP contribution in [0.4, 0.5) is 5.69 Å². The number of carbonyl (C=O) groups is 2. The molecule has 0 fully saturated rings. The van der Waals surface area contributed by atoms with E-state index in [9.17, 15) is 18.0 Å². The molecule has 3 aromatic rings. The topological polar surface area (TPSA) is 115 Å². The first-order valence-corrected chi connectivity index (χ1v) is 12.1. The predicted octanol–water partition coefficient (Wildman–Crippen LogP) is 3.68. The molecule has 10 heteroatoms. The Morgan fingerprint density at radius 2 is 1.71 bits per heavy atom. The van der Waals surface area contributed by atoms with Gasteiger partial charge < -0.3 is 19.2 Å². The average molecular weight is 487 g/mol. The number of hydrogen-bond acceptors (Lipinski definition) is 7. The minimum Gasteiger partial charge on any atom is -0.486 e. The van der Waals surface area contributed by atoms with E-state index >= 15 is 0 Å². The number of rotatable bonds is 11. The average Bonchev–Trinajstić information content (AvgIpc) is 3.32. The van der Waals surface area contributed by atoms with Crippen molar-refractivity contribution in [2.45, 2.75) is 25.3 Å². The Balaban J connectivity index is 1.52. The molecule has 0 saturated carbocycles. The lowest BCUT2D eigenvalue weighted by molar-refractivity contribution is -0.119. The number of hydrogen-bond donors (Lipinski definition) is 1. The number of furan rings is 1. The van der Waals surface area contributed by atoms with Gasteiger partial charge in [0, 0.05) is 18.8 Å². The number of anilines is 1. The van der Waals surface area contributed by atoms with Gasteiger partial charge in [-0.1, -0.05) is 38.1 Å². The Morgan fingerprint density at radius 1 is 0.971 bits per heavy atom. The zero-order chi connectivity index (χ0) is 24.6. The van der Waals surface area contributed by atoms with E-state index in [1.54, 1.807) is 38.1 Å². The maximum atomic E-state index is 12.7. The summed E-state index contributed by atoms with van der Waals surface area (Å²) < 4.78 is 42.6. The number of ether oxygens (including phenoxy) is 2. The van der Waals surface area contributed by atoms with Crippen LogP contribution in [-0.4, -0.2) is 44.3 Å². The highest BCUT2D eigenvalue weighted by molar-refractivity contribution is 7.89. The highest BCUT2D eigenvalue weighted by atomic mass is 32.2. The van der Waals surface area contributed by atoms with Gasteiger partial charge in [0.25, 0.3) is 5.91 Å². The number of benzene rings is 2. The fourth-order valence-electron chi connectivity index (χ4n) is 3.08. The fraction of sp³-hybridized carbons (Fsp3) is 0.250. The van der Waals surface area contributed by atoms with Gasteiger partial charge in [-0.15, -0.1) is 0 Å². The summed E-state index contributed by atoms with van der Waals surface area (Å²) in [5, 5.41) is 2.53. The van der Waals surface area contributed by atoms with Crippen LogP contribution in [0.5, 0.6) is 5.75 Å². The smallest absolute Gasteiger partial charge is 0.374 e. The lowest BCUT2D eigenvalue weighted by atomic mass is 10.3. The zero-order valence-electron chi connectivity index (χ0n) is 18.9. The molecule has 0 saturated heterocycles. The van der Waals surface area contributed by atoms with Gasteiger partial charge in [0.05, 0.1) is 4.90 Å². The van der Waals surface area contributed by atoms with Crippen molar-refractivity contribution in [3.05, 3.63) is 78.3 Å². The summed E-state index contributed by atoms with van der Waals surface area (Å²) in [4.78, 5) is 24.5. The molecule has 9 nitrogen and oxygen atoms in total. The molecule has 1 N–H and O–H groups in total. The van der Waals surface area contributed by atoms with Gasteiger partial charge in [0.15, 0.2) is 6.61 Å². The first kappa shape index (κ1) is 25.0. The third-order valence-electron chi connectivity index (χ3n) is 4.78. The van der Waals surface area contributed by atoms with E-state index < -0.39 is 28.5 Å². The van der Waals surface area contributed by atoms with Crippen LogP contribution >= 0.6 is 0 Å². The van der Waals surface area contributed by atoms with Gasteiger partial charge >= 0.3 is 5.97 Å². The van der Waals surface area contributed by atoms with Crippen LogP contribution in [0.2, 0.25) is 0 Å². The van der Waals surface area contributed by atoms with E-state index in [-0.39, 0.29) is 22.9 Å². The second-order valence-corrected chi connectivity index (χ2v) is 9.05. The van der Waals surface area contributed by atoms with Crippen molar-refractivity contribution in [3.63, 3.8) is 0 Å². The molecule has 0 aliphatic rings. The summed E-state index contributed by atoms with van der Waals surface area (Å²) in [7, 11) is -3.67. The van der Waals surface area contributed by atoms with Crippen molar-refractivity contribution in [3.8, 4) is 5.75 Å². The molecule has 1 heterocycles. The summed E-state index contributed by atoms with van der Waals surface area (Å²) in [6.45, 7) is 3.72. The normalized spacial score (nSPS) is 11.3. The Bertz CT molecular complexity index is 1220. The maximum absolute atomic E-state index is 12.7. The van der Waals surface area contributed by atoms with Gasteiger partial charge in [0.1, 0.15) is 18.1 Å². The SMILES string of the molecule is CCN(CC)S(=O)(=O)c1cccc(NC(=O)COC(=O)c2ccc(COc3ccccc3)o2)c1. The van der Waals surface area contributed by atoms with Gasteiger partial charge in [0.2, 0.25) is 15.8 Å². The monoisotopic (exact) mass is 486 g/mol. The summed E-state index contributed by atoms with van der Waals surface area (Å²) in [5.74, 6) is -0.407. The third kappa shape index (κ3) is 6.46. The van der Waals surface area contributed by atoms with E-state index in [1.165, 1.54) is 28.6 Å². The quantitative estimate of drug-likeness (QED) is 0.411. The Kier molecular flexibility index (Phi) is 8.44. The molecular formula is C24H26N2O7S. The van der Waals surface area contributed by atoms with E-state index in [1.807, 2.05) is 18.2 Å². The highest BCUT2D eigenvalue weighted by Gasteiger charge is 2.22. The minimum atomic E-state index is -3.67. The van der Waals surface area contributed by atoms with Crippen molar-refractivity contribution in [2.75, 3.05) is 25.0 Å². The first-order valence-electron chi connectivity index (χ1n) is 10.7. The molecule has 0 aliphatic carbocycles. The Hall–Kier alpha value is -3.63. The van der Waals surface area contributed by atoms with Crippen LogP contribution in [0.1, 0.15) is 30.2 Å². The molecule has 1 aromatic heterocycles. The maximum Gasteiger partial charge on any atom is 0.374 e. The van der Waals surface area contributed by atoms with Crippen molar-refractivity contribution >= 4 is 27.6 Å². The molecule has 3 rings (SSSR count). The molecule has 0 unspecified atom stereocenters. The first-order chi connectivity index (χ1) is 16.3. The summed E-state index contributed by atoms with van der Waals surface area (Å²) in [6, 6.07) is 18.1. The number of nitrogens with one attached hydrogen (secondary N) is 1. The Morgan fingerprint density at radius 3 is 2.41 bits per heavy atom. The Labute approximate surface area is 198 Å². The van der Waals surface area contributed by atoms with Crippen LogP contribution in [0.15, 0.2) is 76.0 Å². The van der Waals surface area contributed by atoms with E-state index in [0.29, 0.717) is 24.6 Å². The number of carbonyl (C=O) groups excluding carboxylic acids is 2. The van der Waals surface area contributed by atoms with Crippen LogP contribution in [0.3, 0.4) is 0 Å². The zero-order valence-corrected chi connectivity index (χ0v) is 19.7. The summed E-state index contributed by atoms with van der Waals surface area (Å²) in [6.07, 6.45) is 0. The van der Waals surface area contributed by atoms with E-state index in [4.69, 9.17) is 13.9 Å². The van der Waals surface area contributed by atoms with Gasteiger partial charge in [-0.05, 0) is 42.5 Å². The highest BCUT2D eigenvalue weighted by Crippen LogP contribution is 2.20. The molecule has 2 aromatic carbocycles. The van der Waals surface area contributed by atoms with E-state index in [0.717, 1.165) is 0 Å². The lowest BCUT2D eigenvalue weighted by Crippen LogP contribution is -2.30. The predicted molar refractivity (Wildman–Crippen MR) is 125 cm³/mol. The van der Waals surface area contributed by atoms with E-state index in [2.05, 4.69) is 5.32 Å². The van der Waals surface area contributed by atoms with Crippen LogP contribution in [0.25, 0.3) is 0 Å². The van der Waals surface area contributed by atoms with Crippen molar-refractivity contribution in [1.29, 1.82) is 0 Å². The molecular weight excluding hydrogens is 460 g/mol. The van der Waals surface area contributed by atoms with Crippen LogP contribution in [-0.2, 0) is 26.2 Å². The standard InChI is InChI=1S/C24H26N2O7S/c1-3-26(4-2)34(29,30)21-12-8-9-18(15-21)25-23(27)17-32-24(28)22-14-13-20(33-22)16-31-19-10-6-5-7-11-19/h5-15H,3-4,16-17H2,1-2H3,(H,25,27). The summed E-state index contributed by atoms with van der Waals surface area (Å²) in [5.41, 5.74) is 0.271. The van der Waals surface area contributed by atoms with Gasteiger partial charge in [-0.3, -0.25) is 4.79 Å². The number of para-hydroxylation sites is 1. The molecule has 180 valence electrons. The second kappa shape index (κ2) is 11.5.